The summed E-state index contributed by atoms with van der Waals surface area (Å²) < 4.78 is 12.9. The second-order valence-electron chi connectivity index (χ2n) is 5.53. The van der Waals surface area contributed by atoms with Crippen LogP contribution in [-0.4, -0.2) is 28.7 Å². The number of benzene rings is 1. The Morgan fingerprint density at radius 3 is 2.85 bits per heavy atom. The van der Waals surface area contributed by atoms with E-state index in [1.54, 1.807) is 7.11 Å². The summed E-state index contributed by atoms with van der Waals surface area (Å²) in [6.07, 6.45) is 3.26. The zero-order valence-electron chi connectivity index (χ0n) is 11.5. The molecular weight excluding hydrogens is 254 g/mol. The van der Waals surface area contributed by atoms with Crippen molar-refractivity contribution in [3.8, 4) is 5.75 Å². The van der Waals surface area contributed by atoms with Crippen molar-refractivity contribution in [2.45, 2.75) is 31.4 Å². The van der Waals surface area contributed by atoms with Gasteiger partial charge < -0.3 is 9.47 Å². The Balaban J connectivity index is 1.64. The molecule has 0 unspecified atom stereocenters. The van der Waals surface area contributed by atoms with Gasteiger partial charge in [0.1, 0.15) is 11.4 Å². The molecular formula is C15H17N3O2. The second kappa shape index (κ2) is 4.31. The standard InChI is InChI=1S/C15H17N3O2/c1-19-12-6-4-11(5-7-12)9-18-14-13(16-17-18)3-2-8-15(14)10-20-15/h4-7H,2-3,8-10H2,1H3/t15-/m1/s1. The quantitative estimate of drug-likeness (QED) is 0.800. The fourth-order valence-corrected chi connectivity index (χ4v) is 3.06. The van der Waals surface area contributed by atoms with Crippen LogP contribution in [-0.2, 0) is 23.3 Å². The molecule has 1 aliphatic heterocycles. The number of ether oxygens (including phenoxy) is 2. The minimum absolute atomic E-state index is 0.0798. The normalized spacial score (nSPS) is 23.6. The van der Waals surface area contributed by atoms with Gasteiger partial charge >= 0.3 is 0 Å². The van der Waals surface area contributed by atoms with Crippen molar-refractivity contribution in [2.75, 3.05) is 13.7 Å². The SMILES string of the molecule is COc1ccc(Cn2nnc3c2[C@@]2(CCC3)CO2)cc1. The van der Waals surface area contributed by atoms with E-state index in [0.29, 0.717) is 0 Å². The van der Waals surface area contributed by atoms with E-state index in [0.717, 1.165) is 43.9 Å². The summed E-state index contributed by atoms with van der Waals surface area (Å²) in [4.78, 5) is 0. The average molecular weight is 271 g/mol. The van der Waals surface area contributed by atoms with E-state index < -0.39 is 0 Å². The number of aromatic nitrogens is 3. The number of epoxide rings is 1. The summed E-state index contributed by atoms with van der Waals surface area (Å²) >= 11 is 0. The molecule has 0 saturated carbocycles. The Morgan fingerprint density at radius 2 is 2.15 bits per heavy atom. The Hall–Kier alpha value is -1.88. The van der Waals surface area contributed by atoms with Crippen LogP contribution in [0.15, 0.2) is 24.3 Å². The first-order valence-corrected chi connectivity index (χ1v) is 7.00. The largest absolute Gasteiger partial charge is 0.497 e. The summed E-state index contributed by atoms with van der Waals surface area (Å²) in [5.41, 5.74) is 3.42. The van der Waals surface area contributed by atoms with Gasteiger partial charge in [0.15, 0.2) is 0 Å². The predicted octanol–water partition coefficient (Wildman–Crippen LogP) is 1.90. The maximum absolute atomic E-state index is 5.72. The molecule has 1 fully saturated rings. The monoisotopic (exact) mass is 271 g/mol. The number of hydrogen-bond donors (Lipinski definition) is 0. The van der Waals surface area contributed by atoms with Crippen molar-refractivity contribution in [2.24, 2.45) is 0 Å². The van der Waals surface area contributed by atoms with Gasteiger partial charge in [-0.15, -0.1) is 5.10 Å². The topological polar surface area (TPSA) is 52.5 Å². The summed E-state index contributed by atoms with van der Waals surface area (Å²) in [5.74, 6) is 0.872. The van der Waals surface area contributed by atoms with Crippen molar-refractivity contribution < 1.29 is 9.47 Å². The molecule has 4 rings (SSSR count). The molecule has 5 heteroatoms. The van der Waals surface area contributed by atoms with E-state index in [-0.39, 0.29) is 5.60 Å². The van der Waals surface area contributed by atoms with Crippen molar-refractivity contribution in [3.05, 3.63) is 41.2 Å². The van der Waals surface area contributed by atoms with Gasteiger partial charge in [-0.2, -0.15) is 0 Å². The predicted molar refractivity (Wildman–Crippen MR) is 72.7 cm³/mol. The lowest BCUT2D eigenvalue weighted by molar-refractivity contribution is 0.262. The molecule has 1 aliphatic carbocycles. The van der Waals surface area contributed by atoms with E-state index in [1.807, 2.05) is 16.8 Å². The lowest BCUT2D eigenvalue weighted by Crippen LogP contribution is -2.22. The highest BCUT2D eigenvalue weighted by Gasteiger charge is 2.52. The van der Waals surface area contributed by atoms with Gasteiger partial charge in [-0.05, 0) is 37.0 Å². The molecule has 0 N–H and O–H groups in total. The number of hydrogen-bond acceptors (Lipinski definition) is 4. The van der Waals surface area contributed by atoms with Crippen LogP contribution in [0.25, 0.3) is 0 Å². The molecule has 0 radical (unpaired) electrons. The Morgan fingerprint density at radius 1 is 1.35 bits per heavy atom. The zero-order chi connectivity index (χ0) is 13.6. The van der Waals surface area contributed by atoms with E-state index in [9.17, 15) is 0 Å². The summed E-state index contributed by atoms with van der Waals surface area (Å²) in [7, 11) is 1.68. The van der Waals surface area contributed by atoms with E-state index in [4.69, 9.17) is 9.47 Å². The number of rotatable bonds is 3. The fourth-order valence-electron chi connectivity index (χ4n) is 3.06. The van der Waals surface area contributed by atoms with Crippen molar-refractivity contribution in [1.29, 1.82) is 0 Å². The van der Waals surface area contributed by atoms with Crippen LogP contribution in [0.1, 0.15) is 29.8 Å². The van der Waals surface area contributed by atoms with Gasteiger partial charge in [0.25, 0.3) is 0 Å². The van der Waals surface area contributed by atoms with Crippen LogP contribution in [0.3, 0.4) is 0 Å². The molecule has 20 heavy (non-hydrogen) atoms. The van der Waals surface area contributed by atoms with Gasteiger partial charge in [-0.3, -0.25) is 0 Å². The highest BCUT2D eigenvalue weighted by atomic mass is 16.6. The maximum Gasteiger partial charge on any atom is 0.135 e. The summed E-state index contributed by atoms with van der Waals surface area (Å²) in [5, 5.41) is 8.66. The van der Waals surface area contributed by atoms with E-state index in [2.05, 4.69) is 22.4 Å². The van der Waals surface area contributed by atoms with Crippen LogP contribution in [0, 0.1) is 0 Å². The van der Waals surface area contributed by atoms with Crippen LogP contribution in [0.4, 0.5) is 0 Å². The van der Waals surface area contributed by atoms with E-state index >= 15 is 0 Å². The lowest BCUT2D eigenvalue weighted by Gasteiger charge is -2.19. The van der Waals surface area contributed by atoms with Gasteiger partial charge in [-0.1, -0.05) is 17.3 Å². The number of nitrogens with zero attached hydrogens (tertiary/aromatic N) is 3. The third kappa shape index (κ3) is 1.81. The van der Waals surface area contributed by atoms with Crippen molar-refractivity contribution >= 4 is 0 Å². The molecule has 0 amide bonds. The molecule has 1 atom stereocenters. The molecule has 2 aliphatic rings. The van der Waals surface area contributed by atoms with Gasteiger partial charge in [0.2, 0.25) is 0 Å². The van der Waals surface area contributed by atoms with Crippen molar-refractivity contribution in [3.63, 3.8) is 0 Å². The summed E-state index contributed by atoms with van der Waals surface area (Å²) in [6.45, 7) is 1.55. The molecule has 5 nitrogen and oxygen atoms in total. The Kier molecular flexibility index (Phi) is 2.57. The Labute approximate surface area is 117 Å². The molecule has 2 aromatic rings. The number of aryl methyl sites for hydroxylation is 1. The van der Waals surface area contributed by atoms with Crippen LogP contribution in [0.5, 0.6) is 5.75 Å². The molecule has 2 heterocycles. The minimum Gasteiger partial charge on any atom is -0.497 e. The van der Waals surface area contributed by atoms with Gasteiger partial charge in [-0.25, -0.2) is 4.68 Å². The average Bonchev–Trinajstić information content (AvgIpc) is 3.12. The zero-order valence-corrected chi connectivity index (χ0v) is 11.5. The van der Waals surface area contributed by atoms with Crippen LogP contribution in [0.2, 0.25) is 0 Å². The molecule has 104 valence electrons. The first kappa shape index (κ1) is 11.9. The highest BCUT2D eigenvalue weighted by molar-refractivity contribution is 5.30. The molecule has 1 spiro atoms. The minimum atomic E-state index is -0.0798. The summed E-state index contributed by atoms with van der Waals surface area (Å²) in [6, 6.07) is 8.08. The molecule has 1 aromatic heterocycles. The second-order valence-corrected chi connectivity index (χ2v) is 5.53. The van der Waals surface area contributed by atoms with Gasteiger partial charge in [0.05, 0.1) is 31.6 Å². The third-order valence-corrected chi connectivity index (χ3v) is 4.21. The smallest absolute Gasteiger partial charge is 0.135 e. The maximum atomic E-state index is 5.72. The molecule has 1 saturated heterocycles. The van der Waals surface area contributed by atoms with Crippen LogP contribution < -0.4 is 4.74 Å². The highest BCUT2D eigenvalue weighted by Crippen LogP contribution is 2.47. The fraction of sp³-hybridized carbons (Fsp3) is 0.467. The third-order valence-electron chi connectivity index (χ3n) is 4.21. The first-order chi connectivity index (χ1) is 9.81. The van der Waals surface area contributed by atoms with E-state index in [1.165, 1.54) is 11.3 Å². The van der Waals surface area contributed by atoms with Crippen LogP contribution >= 0.6 is 0 Å². The number of fused-ring (bicyclic) bond motifs is 2. The van der Waals surface area contributed by atoms with Gasteiger partial charge in [0, 0.05) is 0 Å². The number of methoxy groups -OCH3 is 1. The lowest BCUT2D eigenvalue weighted by atomic mass is 9.90. The molecule has 1 aromatic carbocycles. The van der Waals surface area contributed by atoms with Crippen molar-refractivity contribution in [1.82, 2.24) is 15.0 Å². The first-order valence-electron chi connectivity index (χ1n) is 7.00. The molecule has 0 bridgehead atoms. The Bertz CT molecular complexity index is 629.